The third kappa shape index (κ3) is 3.79. The normalized spacial score (nSPS) is 19.6. The molecule has 2 heterocycles. The number of aliphatic imine (C=N–C) groups is 1. The number of hydrogen-bond donors (Lipinski definition) is 1. The van der Waals surface area contributed by atoms with E-state index in [1.165, 1.54) is 23.2 Å². The minimum absolute atomic E-state index is 0.0406. The second-order valence-electron chi connectivity index (χ2n) is 5.70. The second-order valence-corrected chi connectivity index (χ2v) is 5.70. The van der Waals surface area contributed by atoms with E-state index in [9.17, 15) is 22.8 Å². The van der Waals surface area contributed by atoms with Crippen LogP contribution in [0.3, 0.4) is 0 Å². The predicted octanol–water partition coefficient (Wildman–Crippen LogP) is 2.15. The lowest BCUT2D eigenvalue weighted by atomic mass is 10.1. The molecule has 0 saturated carbocycles. The summed E-state index contributed by atoms with van der Waals surface area (Å²) >= 11 is 0. The molecular weight excluding hydrogens is 355 g/mol. The van der Waals surface area contributed by atoms with Gasteiger partial charge in [0.1, 0.15) is 0 Å². The van der Waals surface area contributed by atoms with Gasteiger partial charge < -0.3 is 19.6 Å². The molecule has 138 valence electrons. The number of esters is 1. The Balaban J connectivity index is 1.76. The van der Waals surface area contributed by atoms with Gasteiger partial charge in [0.2, 0.25) is 5.90 Å². The minimum atomic E-state index is -4.51. The molecular formula is C16H14F3N3O4. The standard InChI is InChI=1S/C16H14F3N3O4/c17-16(18,19)11-3-1-2-10(8-11)13-20-12(14(23)26-13)9-21-4-6-22(7-5-21)15(24)25/h1-3,8-9H,4-7H2,(H,24,25). The van der Waals surface area contributed by atoms with Gasteiger partial charge >= 0.3 is 18.2 Å². The van der Waals surface area contributed by atoms with Gasteiger partial charge in [-0.15, -0.1) is 0 Å². The molecule has 1 aromatic carbocycles. The van der Waals surface area contributed by atoms with Crippen molar-refractivity contribution in [3.05, 3.63) is 47.3 Å². The van der Waals surface area contributed by atoms with Crippen molar-refractivity contribution < 1.29 is 32.6 Å². The molecule has 1 N–H and O–H groups in total. The van der Waals surface area contributed by atoms with Gasteiger partial charge in [0.05, 0.1) is 5.56 Å². The van der Waals surface area contributed by atoms with Crippen molar-refractivity contribution >= 4 is 18.0 Å². The summed E-state index contributed by atoms with van der Waals surface area (Å²) in [6, 6.07) is 4.36. The molecule has 0 aromatic heterocycles. The van der Waals surface area contributed by atoms with E-state index in [1.807, 2.05) is 0 Å². The Hall–Kier alpha value is -3.04. The highest BCUT2D eigenvalue weighted by atomic mass is 19.4. The highest BCUT2D eigenvalue weighted by Crippen LogP contribution is 2.30. The highest BCUT2D eigenvalue weighted by molar-refractivity contribution is 6.11. The monoisotopic (exact) mass is 369 g/mol. The molecule has 1 amide bonds. The number of benzene rings is 1. The maximum Gasteiger partial charge on any atom is 0.416 e. The van der Waals surface area contributed by atoms with Crippen LogP contribution in [0.15, 0.2) is 41.2 Å². The van der Waals surface area contributed by atoms with Gasteiger partial charge in [-0.3, -0.25) is 0 Å². The van der Waals surface area contributed by atoms with Gasteiger partial charge in [-0.25, -0.2) is 14.6 Å². The van der Waals surface area contributed by atoms with Crippen LogP contribution in [-0.4, -0.2) is 59.0 Å². The van der Waals surface area contributed by atoms with Gasteiger partial charge in [0, 0.05) is 37.9 Å². The van der Waals surface area contributed by atoms with Crippen molar-refractivity contribution in [1.82, 2.24) is 9.80 Å². The molecule has 2 aliphatic heterocycles. The van der Waals surface area contributed by atoms with Crippen LogP contribution in [0.2, 0.25) is 0 Å². The van der Waals surface area contributed by atoms with E-state index in [0.717, 1.165) is 12.1 Å². The van der Waals surface area contributed by atoms with E-state index in [-0.39, 0.29) is 30.2 Å². The Labute approximate surface area is 146 Å². The average Bonchev–Trinajstić information content (AvgIpc) is 2.95. The summed E-state index contributed by atoms with van der Waals surface area (Å²) in [6.07, 6.45) is -4.09. The molecule has 0 radical (unpaired) electrons. The van der Waals surface area contributed by atoms with Crippen molar-refractivity contribution in [3.63, 3.8) is 0 Å². The summed E-state index contributed by atoms with van der Waals surface area (Å²) in [5.41, 5.74) is -0.857. The van der Waals surface area contributed by atoms with E-state index < -0.39 is 23.8 Å². The number of hydrogen-bond acceptors (Lipinski definition) is 5. The molecule has 1 aromatic rings. The van der Waals surface area contributed by atoms with Crippen molar-refractivity contribution in [2.24, 2.45) is 4.99 Å². The maximum absolute atomic E-state index is 12.8. The van der Waals surface area contributed by atoms with Gasteiger partial charge in [-0.05, 0) is 18.2 Å². The second kappa shape index (κ2) is 6.70. The van der Waals surface area contributed by atoms with Crippen LogP contribution in [0, 0.1) is 0 Å². The maximum atomic E-state index is 12.8. The molecule has 7 nitrogen and oxygen atoms in total. The molecule has 26 heavy (non-hydrogen) atoms. The molecule has 10 heteroatoms. The zero-order valence-corrected chi connectivity index (χ0v) is 13.4. The number of amides is 1. The summed E-state index contributed by atoms with van der Waals surface area (Å²) in [6.45, 7) is 1.30. The number of piperazine rings is 1. The smallest absolute Gasteiger partial charge is 0.416 e. The zero-order valence-electron chi connectivity index (χ0n) is 13.4. The van der Waals surface area contributed by atoms with E-state index in [4.69, 9.17) is 9.84 Å². The first kappa shape index (κ1) is 17.8. The van der Waals surface area contributed by atoms with Crippen molar-refractivity contribution in [1.29, 1.82) is 0 Å². The number of cyclic esters (lactones) is 1. The van der Waals surface area contributed by atoms with Crippen LogP contribution in [0.4, 0.5) is 18.0 Å². The number of rotatable bonds is 2. The largest absolute Gasteiger partial charge is 0.465 e. The summed E-state index contributed by atoms with van der Waals surface area (Å²) in [5, 5.41) is 8.91. The molecule has 3 rings (SSSR count). The topological polar surface area (TPSA) is 82.4 Å². The first-order chi connectivity index (χ1) is 12.2. The van der Waals surface area contributed by atoms with Gasteiger partial charge in [-0.1, -0.05) is 6.07 Å². The number of carbonyl (C=O) groups is 2. The molecule has 1 saturated heterocycles. The number of carbonyl (C=O) groups excluding carboxylic acids is 1. The van der Waals surface area contributed by atoms with Crippen molar-refractivity contribution in [3.8, 4) is 0 Å². The van der Waals surface area contributed by atoms with E-state index >= 15 is 0 Å². The molecule has 0 aliphatic carbocycles. The van der Waals surface area contributed by atoms with Crippen LogP contribution in [-0.2, 0) is 15.7 Å². The van der Waals surface area contributed by atoms with Crippen LogP contribution < -0.4 is 0 Å². The van der Waals surface area contributed by atoms with E-state index in [1.54, 1.807) is 4.90 Å². The summed E-state index contributed by atoms with van der Waals surface area (Å²) in [7, 11) is 0. The van der Waals surface area contributed by atoms with Crippen LogP contribution in [0.25, 0.3) is 0 Å². The van der Waals surface area contributed by atoms with Crippen LogP contribution in [0.1, 0.15) is 11.1 Å². The Morgan fingerprint density at radius 1 is 1.23 bits per heavy atom. The highest BCUT2D eigenvalue weighted by Gasteiger charge is 2.32. The predicted molar refractivity (Wildman–Crippen MR) is 83.3 cm³/mol. The third-order valence-corrected chi connectivity index (χ3v) is 3.95. The number of halogens is 3. The lowest BCUT2D eigenvalue weighted by Crippen LogP contribution is -2.46. The number of carboxylic acid groups (broad SMARTS) is 1. The van der Waals surface area contributed by atoms with E-state index in [2.05, 4.69) is 4.99 Å². The Kier molecular flexibility index (Phi) is 4.58. The summed E-state index contributed by atoms with van der Waals surface area (Å²) < 4.78 is 43.4. The molecule has 1 fully saturated rings. The first-order valence-electron chi connectivity index (χ1n) is 7.66. The summed E-state index contributed by atoms with van der Waals surface area (Å²) in [4.78, 5) is 29.7. The quantitative estimate of drug-likeness (QED) is 0.638. The molecule has 0 atom stereocenters. The molecule has 0 bridgehead atoms. The SMILES string of the molecule is O=C1OC(c2cccc(C(F)(F)F)c2)=NC1=CN1CCN(C(=O)O)CC1. The van der Waals surface area contributed by atoms with Gasteiger partial charge in [0.15, 0.2) is 5.70 Å². The molecule has 0 spiro atoms. The van der Waals surface area contributed by atoms with E-state index in [0.29, 0.717) is 13.1 Å². The average molecular weight is 369 g/mol. The van der Waals surface area contributed by atoms with Crippen LogP contribution >= 0.6 is 0 Å². The Morgan fingerprint density at radius 3 is 2.54 bits per heavy atom. The molecule has 0 unspecified atom stereocenters. The molecule has 2 aliphatic rings. The van der Waals surface area contributed by atoms with Crippen molar-refractivity contribution in [2.45, 2.75) is 6.18 Å². The zero-order chi connectivity index (χ0) is 18.9. The number of nitrogens with zero attached hydrogens (tertiary/aromatic N) is 3. The Morgan fingerprint density at radius 2 is 1.92 bits per heavy atom. The lowest BCUT2D eigenvalue weighted by Gasteiger charge is -2.32. The first-order valence-corrected chi connectivity index (χ1v) is 7.66. The Bertz CT molecular complexity index is 796. The third-order valence-electron chi connectivity index (χ3n) is 3.95. The minimum Gasteiger partial charge on any atom is -0.465 e. The number of ether oxygens (including phenoxy) is 1. The van der Waals surface area contributed by atoms with Gasteiger partial charge in [-0.2, -0.15) is 13.2 Å². The fourth-order valence-corrected chi connectivity index (χ4v) is 2.57. The fourth-order valence-electron chi connectivity index (χ4n) is 2.57. The van der Waals surface area contributed by atoms with Gasteiger partial charge in [0.25, 0.3) is 0 Å². The van der Waals surface area contributed by atoms with Crippen molar-refractivity contribution in [2.75, 3.05) is 26.2 Å². The lowest BCUT2D eigenvalue weighted by molar-refractivity contribution is -0.137. The fraction of sp³-hybridized carbons (Fsp3) is 0.312. The number of alkyl halides is 3. The summed E-state index contributed by atoms with van der Waals surface area (Å²) in [5.74, 6) is -0.963. The van der Waals surface area contributed by atoms with Crippen LogP contribution in [0.5, 0.6) is 0 Å².